The lowest BCUT2D eigenvalue weighted by Crippen LogP contribution is -2.40. The molecule has 1 heterocycles. The number of ether oxygens (including phenoxy) is 1. The SMILES string of the molecule is O=C(O)C(Nc1ccccc1)C1CCCOC1. The number of carboxylic acids is 1. The molecule has 17 heavy (non-hydrogen) atoms. The van der Waals surface area contributed by atoms with Crippen molar-refractivity contribution in [2.75, 3.05) is 18.5 Å². The number of para-hydroxylation sites is 1. The van der Waals surface area contributed by atoms with Gasteiger partial charge in [-0.15, -0.1) is 0 Å². The molecule has 2 rings (SSSR count). The highest BCUT2D eigenvalue weighted by molar-refractivity contribution is 5.77. The predicted octanol–water partition coefficient (Wildman–Crippen LogP) is 1.98. The first-order valence-electron chi connectivity index (χ1n) is 5.89. The van der Waals surface area contributed by atoms with Crippen molar-refractivity contribution >= 4 is 11.7 Å². The normalized spacial score (nSPS) is 21.8. The zero-order chi connectivity index (χ0) is 12.1. The third-order valence-corrected chi connectivity index (χ3v) is 3.03. The molecular formula is C13H17NO3. The molecule has 1 aliphatic rings. The van der Waals surface area contributed by atoms with E-state index in [0.29, 0.717) is 6.61 Å². The molecule has 1 aromatic rings. The minimum absolute atomic E-state index is 0.0430. The largest absolute Gasteiger partial charge is 0.480 e. The van der Waals surface area contributed by atoms with Gasteiger partial charge in [0.2, 0.25) is 0 Å². The summed E-state index contributed by atoms with van der Waals surface area (Å²) in [6.45, 7) is 1.27. The van der Waals surface area contributed by atoms with E-state index in [2.05, 4.69) is 5.32 Å². The van der Waals surface area contributed by atoms with Crippen molar-refractivity contribution in [3.63, 3.8) is 0 Å². The van der Waals surface area contributed by atoms with E-state index in [0.717, 1.165) is 25.1 Å². The van der Waals surface area contributed by atoms with Crippen LogP contribution in [-0.4, -0.2) is 30.3 Å². The van der Waals surface area contributed by atoms with E-state index in [1.165, 1.54) is 0 Å². The fourth-order valence-electron chi connectivity index (χ4n) is 2.12. The van der Waals surface area contributed by atoms with E-state index in [9.17, 15) is 9.90 Å². The van der Waals surface area contributed by atoms with Crippen LogP contribution >= 0.6 is 0 Å². The van der Waals surface area contributed by atoms with Crippen LogP contribution in [0.1, 0.15) is 12.8 Å². The Bertz CT molecular complexity index is 360. The van der Waals surface area contributed by atoms with Crippen LogP contribution in [0.25, 0.3) is 0 Å². The van der Waals surface area contributed by atoms with Crippen LogP contribution in [0.2, 0.25) is 0 Å². The summed E-state index contributed by atoms with van der Waals surface area (Å²) in [5.74, 6) is -0.772. The second-order valence-electron chi connectivity index (χ2n) is 4.30. The smallest absolute Gasteiger partial charge is 0.326 e. The number of hydrogen-bond donors (Lipinski definition) is 2. The summed E-state index contributed by atoms with van der Waals surface area (Å²) in [5, 5.41) is 12.3. The fourth-order valence-corrected chi connectivity index (χ4v) is 2.12. The summed E-state index contributed by atoms with van der Waals surface area (Å²) in [6, 6.07) is 8.86. The molecule has 0 aromatic heterocycles. The Hall–Kier alpha value is -1.55. The summed E-state index contributed by atoms with van der Waals surface area (Å²) in [5.41, 5.74) is 0.838. The van der Waals surface area contributed by atoms with Gasteiger partial charge < -0.3 is 15.2 Å². The minimum atomic E-state index is -0.815. The van der Waals surface area contributed by atoms with E-state index in [-0.39, 0.29) is 5.92 Å². The molecule has 4 heteroatoms. The maximum Gasteiger partial charge on any atom is 0.326 e. The van der Waals surface area contributed by atoms with Crippen molar-refractivity contribution in [2.24, 2.45) is 5.92 Å². The van der Waals surface area contributed by atoms with E-state index in [1.54, 1.807) is 0 Å². The standard InChI is InChI=1S/C13H17NO3/c15-13(16)12(10-5-4-8-17-9-10)14-11-6-2-1-3-7-11/h1-3,6-7,10,12,14H,4-5,8-9H2,(H,15,16). The number of rotatable bonds is 4. The topological polar surface area (TPSA) is 58.6 Å². The van der Waals surface area contributed by atoms with E-state index >= 15 is 0 Å². The van der Waals surface area contributed by atoms with Gasteiger partial charge in [0.15, 0.2) is 0 Å². The van der Waals surface area contributed by atoms with Gasteiger partial charge in [-0.1, -0.05) is 18.2 Å². The Morgan fingerprint density at radius 3 is 2.76 bits per heavy atom. The Morgan fingerprint density at radius 1 is 1.41 bits per heavy atom. The fraction of sp³-hybridized carbons (Fsp3) is 0.462. The lowest BCUT2D eigenvalue weighted by atomic mass is 9.93. The zero-order valence-corrected chi connectivity index (χ0v) is 9.63. The van der Waals surface area contributed by atoms with Crippen LogP contribution in [0, 0.1) is 5.92 Å². The van der Waals surface area contributed by atoms with Gasteiger partial charge >= 0.3 is 5.97 Å². The van der Waals surface area contributed by atoms with Crippen LogP contribution in [0.3, 0.4) is 0 Å². The number of hydrogen-bond acceptors (Lipinski definition) is 3. The third kappa shape index (κ3) is 3.20. The van der Waals surface area contributed by atoms with Gasteiger partial charge in [-0.05, 0) is 25.0 Å². The summed E-state index contributed by atoms with van der Waals surface area (Å²) in [7, 11) is 0. The Morgan fingerprint density at radius 2 is 2.18 bits per heavy atom. The van der Waals surface area contributed by atoms with Crippen molar-refractivity contribution in [3.05, 3.63) is 30.3 Å². The lowest BCUT2D eigenvalue weighted by Gasteiger charge is -2.28. The molecule has 1 aliphatic heterocycles. The molecule has 0 spiro atoms. The van der Waals surface area contributed by atoms with Gasteiger partial charge in [-0.3, -0.25) is 0 Å². The first-order chi connectivity index (χ1) is 8.27. The Labute approximate surface area is 101 Å². The van der Waals surface area contributed by atoms with Crippen LogP contribution in [0.15, 0.2) is 30.3 Å². The van der Waals surface area contributed by atoms with Crippen molar-refractivity contribution in [3.8, 4) is 0 Å². The molecule has 0 saturated carbocycles. The van der Waals surface area contributed by atoms with E-state index in [1.807, 2.05) is 30.3 Å². The highest BCUT2D eigenvalue weighted by Gasteiger charge is 2.29. The third-order valence-electron chi connectivity index (χ3n) is 3.03. The molecule has 1 fully saturated rings. The molecule has 2 atom stereocenters. The van der Waals surface area contributed by atoms with Gasteiger partial charge in [0, 0.05) is 18.2 Å². The monoisotopic (exact) mass is 235 g/mol. The van der Waals surface area contributed by atoms with Crippen LogP contribution in [-0.2, 0) is 9.53 Å². The molecule has 2 N–H and O–H groups in total. The van der Waals surface area contributed by atoms with Gasteiger partial charge in [-0.25, -0.2) is 4.79 Å². The quantitative estimate of drug-likeness (QED) is 0.837. The summed E-state index contributed by atoms with van der Waals surface area (Å²) >= 11 is 0. The van der Waals surface area contributed by atoms with Crippen LogP contribution < -0.4 is 5.32 Å². The van der Waals surface area contributed by atoms with Gasteiger partial charge in [0.05, 0.1) is 6.61 Å². The molecule has 92 valence electrons. The second-order valence-corrected chi connectivity index (χ2v) is 4.30. The van der Waals surface area contributed by atoms with Gasteiger partial charge in [0.1, 0.15) is 6.04 Å². The average molecular weight is 235 g/mol. The summed E-state index contributed by atoms with van der Waals surface area (Å²) in [6.07, 6.45) is 1.84. The van der Waals surface area contributed by atoms with Crippen molar-refractivity contribution in [1.82, 2.24) is 0 Å². The number of benzene rings is 1. The van der Waals surface area contributed by atoms with Crippen LogP contribution in [0.4, 0.5) is 5.69 Å². The van der Waals surface area contributed by atoms with Crippen LogP contribution in [0.5, 0.6) is 0 Å². The van der Waals surface area contributed by atoms with Crippen molar-refractivity contribution < 1.29 is 14.6 Å². The summed E-state index contributed by atoms with van der Waals surface area (Å²) < 4.78 is 5.35. The number of carbonyl (C=O) groups is 1. The first kappa shape index (κ1) is 11.9. The maximum absolute atomic E-state index is 11.3. The summed E-state index contributed by atoms with van der Waals surface area (Å²) in [4.78, 5) is 11.3. The minimum Gasteiger partial charge on any atom is -0.480 e. The molecule has 1 saturated heterocycles. The predicted molar refractivity (Wildman–Crippen MR) is 65.0 cm³/mol. The zero-order valence-electron chi connectivity index (χ0n) is 9.63. The average Bonchev–Trinajstić information content (AvgIpc) is 2.38. The number of anilines is 1. The second kappa shape index (κ2) is 5.68. The molecule has 0 amide bonds. The molecule has 0 aliphatic carbocycles. The van der Waals surface area contributed by atoms with E-state index < -0.39 is 12.0 Å². The van der Waals surface area contributed by atoms with Gasteiger partial charge in [-0.2, -0.15) is 0 Å². The lowest BCUT2D eigenvalue weighted by molar-refractivity contribution is -0.140. The van der Waals surface area contributed by atoms with Crippen molar-refractivity contribution in [2.45, 2.75) is 18.9 Å². The number of nitrogens with one attached hydrogen (secondary N) is 1. The molecular weight excluding hydrogens is 218 g/mol. The Kier molecular flexibility index (Phi) is 3.98. The highest BCUT2D eigenvalue weighted by Crippen LogP contribution is 2.21. The van der Waals surface area contributed by atoms with Crippen molar-refractivity contribution in [1.29, 1.82) is 0 Å². The highest BCUT2D eigenvalue weighted by atomic mass is 16.5. The van der Waals surface area contributed by atoms with Gasteiger partial charge in [0.25, 0.3) is 0 Å². The Balaban J connectivity index is 2.04. The molecule has 4 nitrogen and oxygen atoms in total. The molecule has 0 radical (unpaired) electrons. The first-order valence-corrected chi connectivity index (χ1v) is 5.89. The molecule has 0 bridgehead atoms. The molecule has 1 aromatic carbocycles. The number of carboxylic acid groups (broad SMARTS) is 1. The maximum atomic E-state index is 11.3. The van der Waals surface area contributed by atoms with E-state index in [4.69, 9.17) is 4.74 Å². The molecule has 2 unspecified atom stereocenters. The number of aliphatic carboxylic acids is 1.